The number of carbonyl (C=O) groups excluding carboxylic acids is 1. The molecule has 0 radical (unpaired) electrons. The molecule has 18 heavy (non-hydrogen) atoms. The SMILES string of the molecule is CCc1ccccc1C(=O)NC(CC)(CBr)CBr. The monoisotopic (exact) mass is 375 g/mol. The van der Waals surface area contributed by atoms with E-state index in [4.69, 9.17) is 0 Å². The molecule has 0 aliphatic heterocycles. The van der Waals surface area contributed by atoms with Gasteiger partial charge in [0.05, 0.1) is 5.54 Å². The van der Waals surface area contributed by atoms with Crippen LogP contribution in [0.2, 0.25) is 0 Å². The lowest BCUT2D eigenvalue weighted by molar-refractivity contribution is 0.0914. The Morgan fingerprint density at radius 3 is 2.33 bits per heavy atom. The van der Waals surface area contributed by atoms with E-state index in [1.807, 2.05) is 24.3 Å². The summed E-state index contributed by atoms with van der Waals surface area (Å²) in [5.41, 5.74) is 1.64. The highest BCUT2D eigenvalue weighted by atomic mass is 79.9. The number of halogens is 2. The van der Waals surface area contributed by atoms with E-state index in [0.717, 1.165) is 34.6 Å². The molecule has 2 nitrogen and oxygen atoms in total. The zero-order chi connectivity index (χ0) is 13.6. The van der Waals surface area contributed by atoms with Crippen molar-refractivity contribution >= 4 is 37.8 Å². The average Bonchev–Trinajstić information content (AvgIpc) is 2.44. The second-order valence-electron chi connectivity index (χ2n) is 4.37. The Labute approximate surface area is 126 Å². The molecule has 100 valence electrons. The number of benzene rings is 1. The zero-order valence-electron chi connectivity index (χ0n) is 10.8. The molecule has 1 aromatic carbocycles. The summed E-state index contributed by atoms with van der Waals surface area (Å²) in [4.78, 5) is 12.4. The smallest absolute Gasteiger partial charge is 0.252 e. The minimum absolute atomic E-state index is 0.00759. The van der Waals surface area contributed by atoms with Gasteiger partial charge in [0.25, 0.3) is 5.91 Å². The van der Waals surface area contributed by atoms with Crippen LogP contribution in [0.15, 0.2) is 24.3 Å². The molecular weight excluding hydrogens is 358 g/mol. The lowest BCUT2D eigenvalue weighted by atomic mass is 9.99. The third-order valence-electron chi connectivity index (χ3n) is 3.21. The first kappa shape index (κ1) is 15.7. The Kier molecular flexibility index (Phi) is 6.36. The Bertz CT molecular complexity index is 394. The van der Waals surface area contributed by atoms with Crippen LogP contribution < -0.4 is 5.32 Å². The van der Waals surface area contributed by atoms with Gasteiger partial charge in [-0.2, -0.15) is 0 Å². The molecule has 1 N–H and O–H groups in total. The molecule has 0 heterocycles. The van der Waals surface area contributed by atoms with Gasteiger partial charge in [0.1, 0.15) is 0 Å². The topological polar surface area (TPSA) is 29.1 Å². The maximum atomic E-state index is 12.4. The Hall–Kier alpha value is -0.350. The highest BCUT2D eigenvalue weighted by Crippen LogP contribution is 2.19. The summed E-state index contributed by atoms with van der Waals surface area (Å²) in [6, 6.07) is 7.77. The van der Waals surface area contributed by atoms with Crippen LogP contribution in [-0.2, 0) is 6.42 Å². The average molecular weight is 377 g/mol. The van der Waals surface area contributed by atoms with E-state index in [-0.39, 0.29) is 11.4 Å². The molecule has 0 bridgehead atoms. The molecule has 0 saturated heterocycles. The predicted molar refractivity (Wildman–Crippen MR) is 83.9 cm³/mol. The van der Waals surface area contributed by atoms with Gasteiger partial charge in [-0.05, 0) is 24.5 Å². The maximum absolute atomic E-state index is 12.4. The molecule has 1 amide bonds. The number of carbonyl (C=O) groups is 1. The predicted octanol–water partition coefficient (Wildman–Crippen LogP) is 3.92. The summed E-state index contributed by atoms with van der Waals surface area (Å²) in [5, 5.41) is 4.61. The summed E-state index contributed by atoms with van der Waals surface area (Å²) < 4.78 is 0. The Morgan fingerprint density at radius 2 is 1.83 bits per heavy atom. The highest BCUT2D eigenvalue weighted by Gasteiger charge is 2.28. The quantitative estimate of drug-likeness (QED) is 0.749. The van der Waals surface area contributed by atoms with E-state index >= 15 is 0 Å². The molecule has 0 aromatic heterocycles. The Balaban J connectivity index is 2.94. The standard InChI is InChI=1S/C14H19Br2NO/c1-3-11-7-5-6-8-12(11)13(18)17-14(4-2,9-15)10-16/h5-8H,3-4,9-10H2,1-2H3,(H,17,18). The van der Waals surface area contributed by atoms with Crippen molar-refractivity contribution in [1.29, 1.82) is 0 Å². The van der Waals surface area contributed by atoms with E-state index in [9.17, 15) is 4.79 Å². The summed E-state index contributed by atoms with van der Waals surface area (Å²) in [5.74, 6) is 0.00759. The first-order chi connectivity index (χ1) is 8.62. The summed E-state index contributed by atoms with van der Waals surface area (Å²) in [6.45, 7) is 4.14. The van der Waals surface area contributed by atoms with Crippen molar-refractivity contribution in [3.8, 4) is 0 Å². The maximum Gasteiger partial charge on any atom is 0.252 e. The lowest BCUT2D eigenvalue weighted by Gasteiger charge is -2.30. The van der Waals surface area contributed by atoms with E-state index in [2.05, 4.69) is 51.0 Å². The van der Waals surface area contributed by atoms with Gasteiger partial charge in [0.15, 0.2) is 0 Å². The fourth-order valence-electron chi connectivity index (χ4n) is 1.74. The van der Waals surface area contributed by atoms with E-state index < -0.39 is 0 Å². The Morgan fingerprint density at radius 1 is 1.22 bits per heavy atom. The minimum atomic E-state index is -0.224. The van der Waals surface area contributed by atoms with Crippen LogP contribution in [-0.4, -0.2) is 22.1 Å². The van der Waals surface area contributed by atoms with Crippen LogP contribution in [0.25, 0.3) is 0 Å². The van der Waals surface area contributed by atoms with Gasteiger partial charge >= 0.3 is 0 Å². The number of hydrogen-bond acceptors (Lipinski definition) is 1. The van der Waals surface area contributed by atoms with Crippen LogP contribution in [0.1, 0.15) is 36.2 Å². The van der Waals surface area contributed by atoms with Crippen molar-refractivity contribution in [1.82, 2.24) is 5.32 Å². The molecule has 0 fully saturated rings. The zero-order valence-corrected chi connectivity index (χ0v) is 14.0. The molecule has 0 aliphatic rings. The van der Waals surface area contributed by atoms with Gasteiger partial charge in [-0.1, -0.05) is 63.9 Å². The number of amides is 1. The van der Waals surface area contributed by atoms with Crippen LogP contribution in [0, 0.1) is 0 Å². The first-order valence-electron chi connectivity index (χ1n) is 6.14. The molecule has 0 unspecified atom stereocenters. The molecule has 4 heteroatoms. The number of aryl methyl sites for hydroxylation is 1. The van der Waals surface area contributed by atoms with Crippen LogP contribution >= 0.6 is 31.9 Å². The number of alkyl halides is 2. The molecule has 0 saturated carbocycles. The fraction of sp³-hybridized carbons (Fsp3) is 0.500. The number of rotatable bonds is 6. The van der Waals surface area contributed by atoms with Gasteiger partial charge in [-0.15, -0.1) is 0 Å². The van der Waals surface area contributed by atoms with E-state index in [1.54, 1.807) is 0 Å². The fourth-order valence-corrected chi connectivity index (χ4v) is 3.74. The van der Waals surface area contributed by atoms with Crippen LogP contribution in [0.5, 0.6) is 0 Å². The molecule has 0 aliphatic carbocycles. The van der Waals surface area contributed by atoms with Crippen molar-refractivity contribution in [2.24, 2.45) is 0 Å². The van der Waals surface area contributed by atoms with Gasteiger partial charge in [-0.25, -0.2) is 0 Å². The second kappa shape index (κ2) is 7.29. The summed E-state index contributed by atoms with van der Waals surface area (Å²) in [6.07, 6.45) is 1.74. The largest absolute Gasteiger partial charge is 0.345 e. The van der Waals surface area contributed by atoms with E-state index in [0.29, 0.717) is 0 Å². The molecular formula is C14H19Br2NO. The third kappa shape index (κ3) is 3.58. The van der Waals surface area contributed by atoms with Crippen molar-refractivity contribution in [3.05, 3.63) is 35.4 Å². The summed E-state index contributed by atoms with van der Waals surface area (Å²) >= 11 is 6.97. The molecule has 0 atom stereocenters. The minimum Gasteiger partial charge on any atom is -0.345 e. The number of nitrogens with one attached hydrogen (secondary N) is 1. The van der Waals surface area contributed by atoms with Crippen LogP contribution in [0.3, 0.4) is 0 Å². The van der Waals surface area contributed by atoms with Crippen molar-refractivity contribution in [3.63, 3.8) is 0 Å². The highest BCUT2D eigenvalue weighted by molar-refractivity contribution is 9.09. The summed E-state index contributed by atoms with van der Waals surface area (Å²) in [7, 11) is 0. The molecule has 0 spiro atoms. The number of hydrogen-bond donors (Lipinski definition) is 1. The first-order valence-corrected chi connectivity index (χ1v) is 8.39. The normalized spacial score (nSPS) is 11.3. The van der Waals surface area contributed by atoms with Gasteiger partial charge in [0.2, 0.25) is 0 Å². The molecule has 1 aromatic rings. The van der Waals surface area contributed by atoms with Gasteiger partial charge < -0.3 is 5.32 Å². The van der Waals surface area contributed by atoms with Crippen molar-refractivity contribution < 1.29 is 4.79 Å². The van der Waals surface area contributed by atoms with Gasteiger partial charge in [0, 0.05) is 16.2 Å². The van der Waals surface area contributed by atoms with E-state index in [1.165, 1.54) is 0 Å². The van der Waals surface area contributed by atoms with Crippen molar-refractivity contribution in [2.75, 3.05) is 10.7 Å². The van der Waals surface area contributed by atoms with Crippen molar-refractivity contribution in [2.45, 2.75) is 32.2 Å². The third-order valence-corrected chi connectivity index (χ3v) is 5.36. The van der Waals surface area contributed by atoms with Gasteiger partial charge in [-0.3, -0.25) is 4.79 Å². The molecule has 1 rings (SSSR count). The second-order valence-corrected chi connectivity index (χ2v) is 5.49. The lowest BCUT2D eigenvalue weighted by Crippen LogP contribution is -2.51. The van der Waals surface area contributed by atoms with Crippen LogP contribution in [0.4, 0.5) is 0 Å².